The van der Waals surface area contributed by atoms with Gasteiger partial charge in [0.05, 0.1) is 23.5 Å². The number of aromatic nitrogens is 3. The lowest BCUT2D eigenvalue weighted by Crippen LogP contribution is -2.38. The molecule has 0 aliphatic heterocycles. The summed E-state index contributed by atoms with van der Waals surface area (Å²) in [6, 6.07) is 3.20. The highest BCUT2D eigenvalue weighted by Gasteiger charge is 2.36. The van der Waals surface area contributed by atoms with E-state index in [9.17, 15) is 9.18 Å². The zero-order chi connectivity index (χ0) is 15.9. The Kier molecular flexibility index (Phi) is 3.56. The van der Waals surface area contributed by atoms with Crippen molar-refractivity contribution in [2.45, 2.75) is 25.9 Å². The lowest BCUT2D eigenvalue weighted by molar-refractivity contribution is -0.148. The molecular weight excluding hydrogens is 289 g/mol. The third-order valence-corrected chi connectivity index (χ3v) is 3.92. The minimum absolute atomic E-state index is 0.0532. The van der Waals surface area contributed by atoms with Crippen LogP contribution in [0, 0.1) is 18.8 Å². The van der Waals surface area contributed by atoms with Crippen molar-refractivity contribution >= 4 is 5.97 Å². The van der Waals surface area contributed by atoms with Crippen molar-refractivity contribution in [3.05, 3.63) is 29.8 Å². The van der Waals surface area contributed by atoms with E-state index in [1.807, 2.05) is 6.92 Å². The molecule has 1 N–H and O–H groups in total. The molecule has 0 aromatic carbocycles. The Labute approximate surface area is 126 Å². The summed E-state index contributed by atoms with van der Waals surface area (Å²) < 4.78 is 21.2. The van der Waals surface area contributed by atoms with Crippen molar-refractivity contribution in [1.29, 1.82) is 0 Å². The van der Waals surface area contributed by atoms with Gasteiger partial charge in [-0.1, -0.05) is 0 Å². The smallest absolute Gasteiger partial charge is 0.306 e. The van der Waals surface area contributed by atoms with Gasteiger partial charge in [-0.05, 0) is 37.5 Å². The van der Waals surface area contributed by atoms with Crippen LogP contribution in [0.25, 0.3) is 11.4 Å². The second kappa shape index (κ2) is 5.40. The van der Waals surface area contributed by atoms with Gasteiger partial charge in [-0.15, -0.1) is 0 Å². The Balaban J connectivity index is 1.75. The zero-order valence-electron chi connectivity index (χ0n) is 12.3. The van der Waals surface area contributed by atoms with Crippen molar-refractivity contribution in [2.24, 2.45) is 13.0 Å². The first-order chi connectivity index (χ1) is 10.5. The van der Waals surface area contributed by atoms with Gasteiger partial charge in [0.1, 0.15) is 6.10 Å². The molecule has 0 radical (unpaired) electrons. The number of aryl methyl sites for hydroxylation is 2. The summed E-state index contributed by atoms with van der Waals surface area (Å²) in [6.07, 6.45) is 2.23. The van der Waals surface area contributed by atoms with Crippen LogP contribution in [0.15, 0.2) is 18.3 Å². The van der Waals surface area contributed by atoms with E-state index in [1.54, 1.807) is 24.0 Å². The average molecular weight is 305 g/mol. The highest BCUT2D eigenvalue weighted by atomic mass is 19.1. The zero-order valence-corrected chi connectivity index (χ0v) is 12.3. The lowest BCUT2D eigenvalue weighted by atomic mass is 9.82. The van der Waals surface area contributed by atoms with Gasteiger partial charge >= 0.3 is 5.97 Å². The minimum atomic E-state index is -0.833. The van der Waals surface area contributed by atoms with Gasteiger partial charge < -0.3 is 9.84 Å². The van der Waals surface area contributed by atoms with Crippen molar-refractivity contribution in [1.82, 2.24) is 14.8 Å². The number of hydrogen-bond donors (Lipinski definition) is 1. The molecule has 2 aromatic rings. The largest absolute Gasteiger partial charge is 0.486 e. The summed E-state index contributed by atoms with van der Waals surface area (Å²) >= 11 is 0. The maximum atomic E-state index is 14.1. The summed E-state index contributed by atoms with van der Waals surface area (Å²) in [5, 5.41) is 12.9. The molecule has 0 atom stereocenters. The van der Waals surface area contributed by atoms with E-state index in [4.69, 9.17) is 9.84 Å². The van der Waals surface area contributed by atoms with E-state index in [0.717, 1.165) is 11.3 Å². The Morgan fingerprint density at radius 2 is 2.18 bits per heavy atom. The third kappa shape index (κ3) is 2.54. The number of halogens is 1. The van der Waals surface area contributed by atoms with E-state index in [2.05, 4.69) is 10.1 Å². The fourth-order valence-corrected chi connectivity index (χ4v) is 2.60. The Morgan fingerprint density at radius 1 is 1.45 bits per heavy atom. The Morgan fingerprint density at radius 3 is 2.73 bits per heavy atom. The number of hydrogen-bond acceptors (Lipinski definition) is 4. The highest BCUT2D eigenvalue weighted by Crippen LogP contribution is 2.33. The number of ether oxygens (including phenoxy) is 1. The first kappa shape index (κ1) is 14.5. The van der Waals surface area contributed by atoms with Crippen LogP contribution in [0.5, 0.6) is 5.75 Å². The van der Waals surface area contributed by atoms with E-state index in [1.165, 1.54) is 6.07 Å². The van der Waals surface area contributed by atoms with Gasteiger partial charge in [0.25, 0.3) is 5.95 Å². The molecule has 0 spiro atoms. The molecule has 3 rings (SSSR count). The Bertz CT molecular complexity index is 703. The van der Waals surface area contributed by atoms with Crippen LogP contribution in [0.1, 0.15) is 18.4 Å². The molecule has 1 aliphatic rings. The molecule has 6 nitrogen and oxygen atoms in total. The highest BCUT2D eigenvalue weighted by molar-refractivity contribution is 5.71. The molecule has 7 heteroatoms. The summed E-state index contributed by atoms with van der Waals surface area (Å²) in [5.74, 6) is -1.87. The molecule has 2 aromatic heterocycles. The van der Waals surface area contributed by atoms with Crippen LogP contribution in [0.4, 0.5) is 4.39 Å². The van der Waals surface area contributed by atoms with E-state index >= 15 is 0 Å². The van der Waals surface area contributed by atoms with Crippen molar-refractivity contribution < 1.29 is 19.0 Å². The second-order valence-corrected chi connectivity index (χ2v) is 5.53. The number of rotatable bonds is 4. The SMILES string of the molecule is Cc1cnn(C)c1-c1ccc(OC2CC(C(=O)O)C2)c(F)n1. The van der Waals surface area contributed by atoms with Gasteiger partial charge in [-0.2, -0.15) is 9.49 Å². The van der Waals surface area contributed by atoms with Crippen molar-refractivity contribution in [3.8, 4) is 17.1 Å². The Hall–Kier alpha value is -2.44. The molecule has 2 heterocycles. The summed E-state index contributed by atoms with van der Waals surface area (Å²) in [4.78, 5) is 14.7. The number of carbonyl (C=O) groups is 1. The summed E-state index contributed by atoms with van der Waals surface area (Å²) in [5.41, 5.74) is 2.14. The maximum absolute atomic E-state index is 14.1. The summed E-state index contributed by atoms with van der Waals surface area (Å²) in [7, 11) is 1.77. The molecule has 0 saturated heterocycles. The van der Waals surface area contributed by atoms with Gasteiger partial charge in [0.2, 0.25) is 0 Å². The van der Waals surface area contributed by atoms with Gasteiger partial charge in [0, 0.05) is 7.05 Å². The van der Waals surface area contributed by atoms with Gasteiger partial charge in [-0.25, -0.2) is 4.98 Å². The average Bonchev–Trinajstić information content (AvgIpc) is 2.74. The molecule has 0 amide bonds. The van der Waals surface area contributed by atoms with Crippen LogP contribution in [-0.2, 0) is 11.8 Å². The topological polar surface area (TPSA) is 77.2 Å². The number of carboxylic acid groups (broad SMARTS) is 1. The van der Waals surface area contributed by atoms with Crippen molar-refractivity contribution in [3.63, 3.8) is 0 Å². The van der Waals surface area contributed by atoms with E-state index in [0.29, 0.717) is 18.5 Å². The normalized spacial score (nSPS) is 20.5. The number of carboxylic acids is 1. The van der Waals surface area contributed by atoms with Crippen LogP contribution in [0.2, 0.25) is 0 Å². The third-order valence-electron chi connectivity index (χ3n) is 3.92. The van der Waals surface area contributed by atoms with Crippen LogP contribution in [0.3, 0.4) is 0 Å². The van der Waals surface area contributed by atoms with Gasteiger partial charge in [0.15, 0.2) is 5.75 Å². The number of aliphatic carboxylic acids is 1. The monoisotopic (exact) mass is 305 g/mol. The number of nitrogens with zero attached hydrogens (tertiary/aromatic N) is 3. The first-order valence-corrected chi connectivity index (χ1v) is 7.00. The second-order valence-electron chi connectivity index (χ2n) is 5.53. The molecule has 1 aliphatic carbocycles. The van der Waals surface area contributed by atoms with E-state index in [-0.39, 0.29) is 11.9 Å². The predicted molar refractivity (Wildman–Crippen MR) is 75.9 cm³/mol. The standard InChI is InChI=1S/C15H16FN3O3/c1-8-7-17-19(2)13(8)11-3-4-12(14(16)18-11)22-10-5-9(6-10)15(20)21/h3-4,7,9-10H,5-6H2,1-2H3,(H,20,21). The fraction of sp³-hybridized carbons (Fsp3) is 0.400. The maximum Gasteiger partial charge on any atom is 0.306 e. The van der Waals surface area contributed by atoms with Gasteiger partial charge in [-0.3, -0.25) is 9.48 Å². The molecule has 22 heavy (non-hydrogen) atoms. The first-order valence-electron chi connectivity index (χ1n) is 7.00. The fourth-order valence-electron chi connectivity index (χ4n) is 2.60. The predicted octanol–water partition coefficient (Wildman–Crippen LogP) is 2.17. The molecule has 1 fully saturated rings. The lowest BCUT2D eigenvalue weighted by Gasteiger charge is -2.32. The molecule has 0 unspecified atom stereocenters. The quantitative estimate of drug-likeness (QED) is 0.876. The molecular formula is C15H16FN3O3. The van der Waals surface area contributed by atoms with Crippen molar-refractivity contribution in [2.75, 3.05) is 0 Å². The van der Waals surface area contributed by atoms with E-state index < -0.39 is 17.8 Å². The number of pyridine rings is 1. The molecule has 1 saturated carbocycles. The van der Waals surface area contributed by atoms with Crippen LogP contribution < -0.4 is 4.74 Å². The minimum Gasteiger partial charge on any atom is -0.486 e. The molecule has 0 bridgehead atoms. The van der Waals surface area contributed by atoms with Crippen LogP contribution >= 0.6 is 0 Å². The molecule has 116 valence electrons. The summed E-state index contributed by atoms with van der Waals surface area (Å²) in [6.45, 7) is 1.88. The van der Waals surface area contributed by atoms with Crippen LogP contribution in [-0.4, -0.2) is 31.9 Å².